The summed E-state index contributed by atoms with van der Waals surface area (Å²) in [7, 11) is -3.15. The highest BCUT2D eigenvalue weighted by molar-refractivity contribution is 7.88. The van der Waals surface area contributed by atoms with Gasteiger partial charge in [-0.1, -0.05) is 12.8 Å². The number of sulfonamides is 1. The zero-order chi connectivity index (χ0) is 16.0. The summed E-state index contributed by atoms with van der Waals surface area (Å²) in [4.78, 5) is 2.29. The van der Waals surface area contributed by atoms with E-state index >= 15 is 0 Å². The van der Waals surface area contributed by atoms with Crippen molar-refractivity contribution in [1.82, 2.24) is 9.62 Å². The molecule has 1 saturated heterocycles. The summed E-state index contributed by atoms with van der Waals surface area (Å²) in [6.07, 6.45) is 7.22. The van der Waals surface area contributed by atoms with E-state index in [-0.39, 0.29) is 6.04 Å². The molecular weight excluding hydrogens is 304 g/mol. The third-order valence-corrected chi connectivity index (χ3v) is 4.86. The van der Waals surface area contributed by atoms with Gasteiger partial charge in [0, 0.05) is 19.1 Å². The fourth-order valence-electron chi connectivity index (χ4n) is 3.03. The molecule has 0 saturated carbocycles. The quantitative estimate of drug-likeness (QED) is 0.791. The third-order valence-electron chi connectivity index (χ3n) is 4.13. The maximum Gasteiger partial charge on any atom is 0.208 e. The number of hydrogen-bond acceptors (Lipinski definition) is 5. The number of nitrogens with zero attached hydrogens (tertiary/aromatic N) is 1. The molecule has 0 unspecified atom stereocenters. The van der Waals surface area contributed by atoms with Gasteiger partial charge in [0.15, 0.2) is 0 Å². The molecule has 2 atom stereocenters. The lowest BCUT2D eigenvalue weighted by atomic mass is 10.0. The van der Waals surface area contributed by atoms with Crippen LogP contribution >= 0.6 is 0 Å². The van der Waals surface area contributed by atoms with Crippen LogP contribution in [0.25, 0.3) is 0 Å². The molecule has 1 fully saturated rings. The van der Waals surface area contributed by atoms with Crippen LogP contribution in [0.4, 0.5) is 0 Å². The maximum atomic E-state index is 11.2. The summed E-state index contributed by atoms with van der Waals surface area (Å²) in [6, 6.07) is 3.82. The molecule has 1 aliphatic heterocycles. The highest BCUT2D eigenvalue weighted by atomic mass is 32.2. The second-order valence-electron chi connectivity index (χ2n) is 5.97. The topological polar surface area (TPSA) is 82.8 Å². The lowest BCUT2D eigenvalue weighted by molar-refractivity contribution is 0.0872. The van der Waals surface area contributed by atoms with Crippen molar-refractivity contribution in [3.8, 4) is 0 Å². The van der Waals surface area contributed by atoms with Gasteiger partial charge in [0.25, 0.3) is 0 Å². The molecule has 7 heteroatoms. The molecule has 126 valence electrons. The van der Waals surface area contributed by atoms with Gasteiger partial charge in [0.05, 0.1) is 12.5 Å². The average Bonchev–Trinajstić information content (AvgIpc) is 2.89. The van der Waals surface area contributed by atoms with Crippen LogP contribution in [0.3, 0.4) is 0 Å². The monoisotopic (exact) mass is 330 g/mol. The van der Waals surface area contributed by atoms with Gasteiger partial charge >= 0.3 is 0 Å². The van der Waals surface area contributed by atoms with Crippen molar-refractivity contribution in [3.05, 3.63) is 24.2 Å². The maximum absolute atomic E-state index is 11.2. The summed E-state index contributed by atoms with van der Waals surface area (Å²) in [5.74, 6) is 0.596. The number of aliphatic hydroxyl groups excluding tert-OH is 1. The number of aliphatic hydroxyl groups is 1. The first kappa shape index (κ1) is 17.5. The van der Waals surface area contributed by atoms with Crippen LogP contribution in [0, 0.1) is 0 Å². The molecule has 2 N–H and O–H groups in total. The van der Waals surface area contributed by atoms with Gasteiger partial charge in [-0.3, -0.25) is 4.90 Å². The minimum absolute atomic E-state index is 0.254. The smallest absolute Gasteiger partial charge is 0.208 e. The molecule has 0 amide bonds. The molecule has 1 aliphatic rings. The van der Waals surface area contributed by atoms with E-state index in [1.165, 1.54) is 12.7 Å². The summed E-state index contributed by atoms with van der Waals surface area (Å²) >= 11 is 0. The highest BCUT2D eigenvalue weighted by Crippen LogP contribution is 2.26. The van der Waals surface area contributed by atoms with E-state index in [4.69, 9.17) is 4.42 Å². The Morgan fingerprint density at radius 2 is 2.27 bits per heavy atom. The minimum Gasteiger partial charge on any atom is -0.467 e. The van der Waals surface area contributed by atoms with Crippen LogP contribution in [-0.2, 0) is 10.0 Å². The normalized spacial score (nSPS) is 22.4. The predicted molar refractivity (Wildman–Crippen MR) is 85.0 cm³/mol. The summed E-state index contributed by atoms with van der Waals surface area (Å²) in [5.41, 5.74) is 0. The van der Waals surface area contributed by atoms with Gasteiger partial charge in [0.2, 0.25) is 10.0 Å². The van der Waals surface area contributed by atoms with Crippen molar-refractivity contribution in [3.63, 3.8) is 0 Å². The molecule has 0 radical (unpaired) electrons. The predicted octanol–water partition coefficient (Wildman–Crippen LogP) is 1.50. The van der Waals surface area contributed by atoms with Gasteiger partial charge in [0.1, 0.15) is 11.9 Å². The second-order valence-corrected chi connectivity index (χ2v) is 7.81. The first-order valence-corrected chi connectivity index (χ1v) is 9.75. The van der Waals surface area contributed by atoms with E-state index in [0.29, 0.717) is 25.3 Å². The van der Waals surface area contributed by atoms with E-state index in [1.807, 2.05) is 0 Å². The van der Waals surface area contributed by atoms with Crippen molar-refractivity contribution in [2.24, 2.45) is 0 Å². The SMILES string of the molecule is CS(=O)(=O)NCCN1CCCCC[C@@H]1C[C@H](O)c1ccco1. The van der Waals surface area contributed by atoms with E-state index in [0.717, 1.165) is 25.8 Å². The number of nitrogens with one attached hydrogen (secondary N) is 1. The van der Waals surface area contributed by atoms with Crippen LogP contribution in [-0.4, -0.2) is 50.4 Å². The van der Waals surface area contributed by atoms with Crippen molar-refractivity contribution >= 4 is 10.0 Å². The molecule has 1 aromatic heterocycles. The third kappa shape index (κ3) is 5.72. The molecule has 6 nitrogen and oxygen atoms in total. The summed E-state index contributed by atoms with van der Waals surface area (Å²) in [6.45, 7) is 2.02. The summed E-state index contributed by atoms with van der Waals surface area (Å²) < 4.78 is 30.2. The Balaban J connectivity index is 1.92. The van der Waals surface area contributed by atoms with Gasteiger partial charge in [-0.05, 0) is 37.9 Å². The molecule has 0 spiro atoms. The zero-order valence-electron chi connectivity index (χ0n) is 13.1. The van der Waals surface area contributed by atoms with Gasteiger partial charge in [-0.2, -0.15) is 0 Å². The number of hydrogen-bond donors (Lipinski definition) is 2. The van der Waals surface area contributed by atoms with Crippen LogP contribution in [0.1, 0.15) is 44.0 Å². The van der Waals surface area contributed by atoms with E-state index in [1.54, 1.807) is 18.4 Å². The van der Waals surface area contributed by atoms with Gasteiger partial charge in [-0.25, -0.2) is 13.1 Å². The molecule has 22 heavy (non-hydrogen) atoms. The van der Waals surface area contributed by atoms with Gasteiger partial charge in [-0.15, -0.1) is 0 Å². The lowest BCUT2D eigenvalue weighted by Gasteiger charge is -2.31. The molecule has 1 aromatic rings. The second kappa shape index (κ2) is 8.10. The Kier molecular flexibility index (Phi) is 6.43. The number of likely N-dealkylation sites (tertiary alicyclic amines) is 1. The van der Waals surface area contributed by atoms with Crippen molar-refractivity contribution in [2.75, 3.05) is 25.9 Å². The standard InChI is InChI=1S/C15H26N2O4S/c1-22(19,20)16-8-10-17-9-4-2-3-6-13(17)12-14(18)15-7-5-11-21-15/h5,7,11,13-14,16,18H,2-4,6,8-10,12H2,1H3/t13-,14+/m1/s1. The fraction of sp³-hybridized carbons (Fsp3) is 0.733. The van der Waals surface area contributed by atoms with E-state index < -0.39 is 16.1 Å². The Hall–Kier alpha value is -0.890. The van der Waals surface area contributed by atoms with E-state index in [9.17, 15) is 13.5 Å². The Bertz CT molecular complexity index is 530. The van der Waals surface area contributed by atoms with E-state index in [2.05, 4.69) is 9.62 Å². The minimum atomic E-state index is -3.15. The first-order chi connectivity index (χ1) is 10.5. The Morgan fingerprint density at radius 1 is 1.45 bits per heavy atom. The van der Waals surface area contributed by atoms with Crippen LogP contribution in [0.15, 0.2) is 22.8 Å². The molecule has 0 aliphatic carbocycles. The number of rotatable bonds is 7. The molecular formula is C15H26N2O4S. The Morgan fingerprint density at radius 3 is 2.95 bits per heavy atom. The van der Waals surface area contributed by atoms with Crippen LogP contribution < -0.4 is 4.72 Å². The van der Waals surface area contributed by atoms with Crippen molar-refractivity contribution in [1.29, 1.82) is 0 Å². The van der Waals surface area contributed by atoms with Crippen LogP contribution in [0.5, 0.6) is 0 Å². The zero-order valence-corrected chi connectivity index (χ0v) is 13.9. The fourth-order valence-corrected chi connectivity index (χ4v) is 3.49. The molecule has 2 heterocycles. The molecule has 2 rings (SSSR count). The van der Waals surface area contributed by atoms with Gasteiger partial charge < -0.3 is 9.52 Å². The van der Waals surface area contributed by atoms with Crippen LogP contribution in [0.2, 0.25) is 0 Å². The Labute approximate surface area is 132 Å². The largest absolute Gasteiger partial charge is 0.467 e. The highest BCUT2D eigenvalue weighted by Gasteiger charge is 2.25. The molecule has 0 aromatic carbocycles. The van der Waals surface area contributed by atoms with Crippen molar-refractivity contribution < 1.29 is 17.9 Å². The lowest BCUT2D eigenvalue weighted by Crippen LogP contribution is -2.41. The average molecular weight is 330 g/mol. The molecule has 0 bridgehead atoms. The first-order valence-electron chi connectivity index (χ1n) is 7.86. The summed E-state index contributed by atoms with van der Waals surface area (Å²) in [5, 5.41) is 10.3. The van der Waals surface area contributed by atoms with Crippen molar-refractivity contribution in [2.45, 2.75) is 44.2 Å². The number of furan rings is 1.